The molecule has 0 N–H and O–H groups in total. The van der Waals surface area contributed by atoms with Crippen LogP contribution in [0.1, 0.15) is 21.5 Å². The lowest BCUT2D eigenvalue weighted by atomic mass is 10.0. The second-order valence-electron chi connectivity index (χ2n) is 3.74. The van der Waals surface area contributed by atoms with Crippen molar-refractivity contribution in [3.8, 4) is 0 Å². The highest BCUT2D eigenvalue weighted by Crippen LogP contribution is 2.21. The molecular formula is C13H9Cl2NO. The van der Waals surface area contributed by atoms with Crippen LogP contribution in [0.3, 0.4) is 0 Å². The molecule has 0 amide bonds. The van der Waals surface area contributed by atoms with E-state index in [9.17, 15) is 4.79 Å². The molecule has 2 aromatic rings. The van der Waals surface area contributed by atoms with E-state index in [1.807, 2.05) is 6.92 Å². The van der Waals surface area contributed by atoms with Crippen LogP contribution in [0.2, 0.25) is 10.0 Å². The smallest absolute Gasteiger partial charge is 0.194 e. The Morgan fingerprint density at radius 2 is 1.65 bits per heavy atom. The van der Waals surface area contributed by atoms with Gasteiger partial charge in [-0.3, -0.25) is 9.78 Å². The van der Waals surface area contributed by atoms with Crippen molar-refractivity contribution < 1.29 is 4.79 Å². The van der Waals surface area contributed by atoms with Gasteiger partial charge in [-0.25, -0.2) is 0 Å². The maximum atomic E-state index is 12.1. The third-order valence-electron chi connectivity index (χ3n) is 2.26. The molecule has 2 rings (SSSR count). The molecule has 0 spiro atoms. The topological polar surface area (TPSA) is 30.0 Å². The van der Waals surface area contributed by atoms with Gasteiger partial charge in [0, 0.05) is 33.6 Å². The second kappa shape index (κ2) is 4.86. The molecule has 2 nitrogen and oxygen atoms in total. The summed E-state index contributed by atoms with van der Waals surface area (Å²) < 4.78 is 0. The van der Waals surface area contributed by atoms with Crippen molar-refractivity contribution in [1.82, 2.24) is 4.98 Å². The molecule has 1 aromatic carbocycles. The zero-order chi connectivity index (χ0) is 12.4. The Morgan fingerprint density at radius 3 is 2.24 bits per heavy atom. The summed E-state index contributed by atoms with van der Waals surface area (Å²) in [6.07, 6.45) is 3.23. The minimum Gasteiger partial charge on any atom is -0.289 e. The highest BCUT2D eigenvalue weighted by Gasteiger charge is 2.11. The van der Waals surface area contributed by atoms with E-state index in [1.165, 1.54) is 6.20 Å². The van der Waals surface area contributed by atoms with Crippen molar-refractivity contribution in [3.05, 3.63) is 63.4 Å². The molecule has 1 heterocycles. The third-order valence-corrected chi connectivity index (χ3v) is 2.70. The molecule has 0 radical (unpaired) electrons. The number of rotatable bonds is 2. The van der Waals surface area contributed by atoms with Gasteiger partial charge >= 0.3 is 0 Å². The van der Waals surface area contributed by atoms with Crippen molar-refractivity contribution in [3.63, 3.8) is 0 Å². The van der Waals surface area contributed by atoms with Gasteiger partial charge in [-0.2, -0.15) is 0 Å². The lowest BCUT2D eigenvalue weighted by Crippen LogP contribution is -2.02. The molecule has 4 heteroatoms. The van der Waals surface area contributed by atoms with Crippen LogP contribution in [0.25, 0.3) is 0 Å². The molecule has 0 bridgehead atoms. The Balaban J connectivity index is 2.43. The minimum atomic E-state index is -0.134. The summed E-state index contributed by atoms with van der Waals surface area (Å²) in [6.45, 7) is 1.88. The largest absolute Gasteiger partial charge is 0.289 e. The van der Waals surface area contributed by atoms with Crippen LogP contribution in [0.15, 0.2) is 36.7 Å². The number of hydrogen-bond acceptors (Lipinski definition) is 2. The van der Waals surface area contributed by atoms with Gasteiger partial charge in [0.25, 0.3) is 0 Å². The second-order valence-corrected chi connectivity index (χ2v) is 4.61. The fourth-order valence-corrected chi connectivity index (χ4v) is 2.06. The van der Waals surface area contributed by atoms with Gasteiger partial charge in [-0.1, -0.05) is 23.2 Å². The minimum absolute atomic E-state index is 0.134. The number of pyridine rings is 1. The Hall–Kier alpha value is -1.38. The first-order chi connectivity index (χ1) is 8.06. The molecule has 0 atom stereocenters. The number of aromatic nitrogens is 1. The third kappa shape index (κ3) is 2.84. The molecule has 0 saturated carbocycles. The van der Waals surface area contributed by atoms with Crippen LogP contribution < -0.4 is 0 Å². The summed E-state index contributed by atoms with van der Waals surface area (Å²) in [7, 11) is 0. The Bertz CT molecular complexity index is 561. The van der Waals surface area contributed by atoms with E-state index in [0.717, 1.165) is 5.56 Å². The van der Waals surface area contributed by atoms with Gasteiger partial charge in [0.05, 0.1) is 0 Å². The monoisotopic (exact) mass is 265 g/mol. The van der Waals surface area contributed by atoms with Crippen LogP contribution in [0.5, 0.6) is 0 Å². The SMILES string of the molecule is Cc1cncc(C(=O)c2cc(Cl)cc(Cl)c2)c1. The predicted molar refractivity (Wildman–Crippen MR) is 68.9 cm³/mol. The number of hydrogen-bond donors (Lipinski definition) is 0. The highest BCUT2D eigenvalue weighted by molar-refractivity contribution is 6.35. The normalized spacial score (nSPS) is 10.3. The number of carbonyl (C=O) groups excluding carboxylic acids is 1. The lowest BCUT2D eigenvalue weighted by molar-refractivity contribution is 0.103. The zero-order valence-electron chi connectivity index (χ0n) is 9.08. The fourth-order valence-electron chi connectivity index (χ4n) is 1.53. The van der Waals surface area contributed by atoms with E-state index in [0.29, 0.717) is 21.2 Å². The number of halogens is 2. The first-order valence-corrected chi connectivity index (χ1v) is 5.74. The number of aryl methyl sites for hydroxylation is 1. The van der Waals surface area contributed by atoms with Crippen molar-refractivity contribution >= 4 is 29.0 Å². The molecule has 0 unspecified atom stereocenters. The van der Waals surface area contributed by atoms with Crippen molar-refractivity contribution in [2.45, 2.75) is 6.92 Å². The fraction of sp³-hybridized carbons (Fsp3) is 0.0769. The molecule has 0 aliphatic rings. The van der Waals surface area contributed by atoms with Crippen LogP contribution in [-0.4, -0.2) is 10.8 Å². The van der Waals surface area contributed by atoms with Gasteiger partial charge in [-0.05, 0) is 36.8 Å². The first-order valence-electron chi connectivity index (χ1n) is 4.99. The average molecular weight is 266 g/mol. The Kier molecular flexibility index (Phi) is 3.46. The molecule has 0 aliphatic carbocycles. The number of carbonyl (C=O) groups is 1. The van der Waals surface area contributed by atoms with Crippen molar-refractivity contribution in [2.75, 3.05) is 0 Å². The maximum absolute atomic E-state index is 12.1. The summed E-state index contributed by atoms with van der Waals surface area (Å²) >= 11 is 11.7. The Morgan fingerprint density at radius 1 is 1.00 bits per heavy atom. The van der Waals surface area contributed by atoms with Crippen molar-refractivity contribution in [1.29, 1.82) is 0 Å². The van der Waals surface area contributed by atoms with Crippen LogP contribution in [0, 0.1) is 6.92 Å². The molecule has 0 fully saturated rings. The van der Waals surface area contributed by atoms with Gasteiger partial charge in [0.15, 0.2) is 5.78 Å². The summed E-state index contributed by atoms with van der Waals surface area (Å²) in [5.41, 5.74) is 1.93. The van der Waals surface area contributed by atoms with Gasteiger partial charge < -0.3 is 0 Å². The standard InChI is InChI=1S/C13H9Cl2NO/c1-8-2-10(7-16-6-8)13(17)9-3-11(14)5-12(15)4-9/h2-7H,1H3. The zero-order valence-corrected chi connectivity index (χ0v) is 10.6. The van der Waals surface area contributed by atoms with E-state index in [1.54, 1.807) is 30.5 Å². The molecule has 17 heavy (non-hydrogen) atoms. The lowest BCUT2D eigenvalue weighted by Gasteiger charge is -2.03. The highest BCUT2D eigenvalue weighted by atomic mass is 35.5. The number of benzene rings is 1. The molecule has 86 valence electrons. The maximum Gasteiger partial charge on any atom is 0.194 e. The van der Waals surface area contributed by atoms with Crippen molar-refractivity contribution in [2.24, 2.45) is 0 Å². The van der Waals surface area contributed by atoms with Crippen LogP contribution in [-0.2, 0) is 0 Å². The average Bonchev–Trinajstić information content (AvgIpc) is 2.26. The number of ketones is 1. The molecule has 0 aliphatic heterocycles. The van der Waals surface area contributed by atoms with E-state index >= 15 is 0 Å². The first kappa shape index (κ1) is 12.1. The van der Waals surface area contributed by atoms with E-state index in [-0.39, 0.29) is 5.78 Å². The van der Waals surface area contributed by atoms with Crippen LogP contribution >= 0.6 is 23.2 Å². The van der Waals surface area contributed by atoms with E-state index < -0.39 is 0 Å². The molecular weight excluding hydrogens is 257 g/mol. The van der Waals surface area contributed by atoms with Gasteiger partial charge in [0.1, 0.15) is 0 Å². The summed E-state index contributed by atoms with van der Waals surface area (Å²) in [5, 5.41) is 0.892. The molecule has 1 aromatic heterocycles. The molecule has 0 saturated heterocycles. The quantitative estimate of drug-likeness (QED) is 0.771. The summed E-state index contributed by atoms with van der Waals surface area (Å²) in [4.78, 5) is 16.1. The van der Waals surface area contributed by atoms with E-state index in [4.69, 9.17) is 23.2 Å². The number of nitrogens with zero attached hydrogens (tertiary/aromatic N) is 1. The predicted octanol–water partition coefficient (Wildman–Crippen LogP) is 3.93. The van der Waals surface area contributed by atoms with E-state index in [2.05, 4.69) is 4.98 Å². The van der Waals surface area contributed by atoms with Gasteiger partial charge in [-0.15, -0.1) is 0 Å². The Labute approximate surface area is 109 Å². The van der Waals surface area contributed by atoms with Gasteiger partial charge in [0.2, 0.25) is 0 Å². The van der Waals surface area contributed by atoms with Crippen LogP contribution in [0.4, 0.5) is 0 Å². The summed E-state index contributed by atoms with van der Waals surface area (Å²) in [5.74, 6) is -0.134. The summed E-state index contributed by atoms with van der Waals surface area (Å²) in [6, 6.07) is 6.56.